The minimum Gasteiger partial charge on any atom is -0.472 e. The Bertz CT molecular complexity index is 893. The van der Waals surface area contributed by atoms with Crippen LogP contribution < -0.4 is 14.8 Å². The second-order valence-electron chi connectivity index (χ2n) is 5.50. The summed E-state index contributed by atoms with van der Waals surface area (Å²) in [4.78, 5) is 20.9. The number of carbonyl (C=O) groups excluding carboxylic acids is 1. The van der Waals surface area contributed by atoms with Crippen LogP contribution in [0.3, 0.4) is 0 Å². The summed E-state index contributed by atoms with van der Waals surface area (Å²) >= 11 is 0. The fourth-order valence-corrected chi connectivity index (χ4v) is 2.62. The van der Waals surface area contributed by atoms with Crippen LogP contribution in [0.2, 0.25) is 0 Å². The largest absolute Gasteiger partial charge is 0.472 e. The van der Waals surface area contributed by atoms with E-state index in [1.54, 1.807) is 24.9 Å². The molecule has 7 nitrogen and oxygen atoms in total. The molecule has 1 aliphatic rings. The van der Waals surface area contributed by atoms with Gasteiger partial charge < -0.3 is 19.2 Å². The minimum atomic E-state index is -0.109. The summed E-state index contributed by atoms with van der Waals surface area (Å²) in [7, 11) is 0. The standard InChI is InChI=1S/C18H15N3O4/c22-17(8-12-1-2-15-16(7-12)25-11-24-15)21-9-14-18(20-5-4-19-14)13-3-6-23-10-13/h1-7,10H,8-9,11H2,(H,21,22). The lowest BCUT2D eigenvalue weighted by Gasteiger charge is -2.08. The SMILES string of the molecule is O=C(Cc1ccc2c(c1)OCO2)NCc1nccnc1-c1ccoc1. The first kappa shape index (κ1) is 15.2. The van der Waals surface area contributed by atoms with Crippen molar-refractivity contribution in [2.45, 2.75) is 13.0 Å². The predicted molar refractivity (Wildman–Crippen MR) is 87.8 cm³/mol. The first-order chi connectivity index (χ1) is 12.3. The molecular weight excluding hydrogens is 322 g/mol. The predicted octanol–water partition coefficient (Wildman–Crippen LogP) is 2.32. The molecule has 1 amide bonds. The van der Waals surface area contributed by atoms with Gasteiger partial charge in [-0.1, -0.05) is 6.07 Å². The van der Waals surface area contributed by atoms with Crippen LogP contribution in [-0.2, 0) is 17.8 Å². The number of carbonyl (C=O) groups is 1. The summed E-state index contributed by atoms with van der Waals surface area (Å²) < 4.78 is 15.7. The van der Waals surface area contributed by atoms with E-state index in [-0.39, 0.29) is 25.7 Å². The Labute approximate surface area is 143 Å². The van der Waals surface area contributed by atoms with E-state index in [4.69, 9.17) is 13.9 Å². The number of benzene rings is 1. The van der Waals surface area contributed by atoms with E-state index in [1.807, 2.05) is 24.3 Å². The topological polar surface area (TPSA) is 86.5 Å². The average molecular weight is 337 g/mol. The number of amides is 1. The molecule has 0 saturated heterocycles. The van der Waals surface area contributed by atoms with E-state index in [9.17, 15) is 4.79 Å². The lowest BCUT2D eigenvalue weighted by molar-refractivity contribution is -0.120. The molecule has 0 aliphatic carbocycles. The summed E-state index contributed by atoms with van der Waals surface area (Å²) in [6.07, 6.45) is 6.63. The third-order valence-electron chi connectivity index (χ3n) is 3.82. The zero-order valence-corrected chi connectivity index (χ0v) is 13.3. The first-order valence-corrected chi connectivity index (χ1v) is 7.77. The number of fused-ring (bicyclic) bond motifs is 1. The summed E-state index contributed by atoms with van der Waals surface area (Å²) in [5.41, 5.74) is 3.06. The first-order valence-electron chi connectivity index (χ1n) is 7.77. The minimum absolute atomic E-state index is 0.109. The molecule has 3 heterocycles. The summed E-state index contributed by atoms with van der Waals surface area (Å²) in [5.74, 6) is 1.26. The Balaban J connectivity index is 1.41. The fraction of sp³-hybridized carbons (Fsp3) is 0.167. The van der Waals surface area contributed by atoms with Crippen molar-refractivity contribution < 1.29 is 18.7 Å². The van der Waals surface area contributed by atoms with Gasteiger partial charge in [0.15, 0.2) is 11.5 Å². The van der Waals surface area contributed by atoms with Crippen LogP contribution in [0.4, 0.5) is 0 Å². The molecule has 3 aromatic rings. The van der Waals surface area contributed by atoms with Crippen LogP contribution in [-0.4, -0.2) is 22.7 Å². The molecule has 0 unspecified atom stereocenters. The normalized spacial score (nSPS) is 12.2. The van der Waals surface area contributed by atoms with E-state index in [0.717, 1.165) is 11.1 Å². The molecular formula is C18H15N3O4. The maximum absolute atomic E-state index is 12.2. The second-order valence-corrected chi connectivity index (χ2v) is 5.50. The Kier molecular flexibility index (Phi) is 4.04. The molecule has 1 N–H and O–H groups in total. The smallest absolute Gasteiger partial charge is 0.231 e. The molecule has 0 radical (unpaired) electrons. The molecule has 1 aromatic carbocycles. The van der Waals surface area contributed by atoms with Crippen molar-refractivity contribution in [3.8, 4) is 22.8 Å². The zero-order chi connectivity index (χ0) is 17.1. The van der Waals surface area contributed by atoms with Crippen molar-refractivity contribution >= 4 is 5.91 Å². The van der Waals surface area contributed by atoms with Gasteiger partial charge in [0.1, 0.15) is 0 Å². The highest BCUT2D eigenvalue weighted by Gasteiger charge is 2.15. The van der Waals surface area contributed by atoms with Gasteiger partial charge in [-0.25, -0.2) is 0 Å². The van der Waals surface area contributed by atoms with Crippen LogP contribution in [0.25, 0.3) is 11.3 Å². The van der Waals surface area contributed by atoms with Crippen molar-refractivity contribution in [3.05, 3.63) is 60.4 Å². The third kappa shape index (κ3) is 3.30. The Hall–Kier alpha value is -3.35. The molecule has 0 atom stereocenters. The van der Waals surface area contributed by atoms with Gasteiger partial charge in [0.25, 0.3) is 0 Å². The summed E-state index contributed by atoms with van der Waals surface area (Å²) in [5, 5.41) is 2.87. The summed E-state index contributed by atoms with van der Waals surface area (Å²) in [6, 6.07) is 7.29. The molecule has 0 saturated carbocycles. The highest BCUT2D eigenvalue weighted by molar-refractivity contribution is 5.79. The summed E-state index contributed by atoms with van der Waals surface area (Å²) in [6.45, 7) is 0.506. The molecule has 1 aliphatic heterocycles. The van der Waals surface area contributed by atoms with Gasteiger partial charge in [-0.2, -0.15) is 0 Å². The van der Waals surface area contributed by atoms with Crippen LogP contribution in [0.15, 0.2) is 53.6 Å². The Morgan fingerprint density at radius 2 is 2.00 bits per heavy atom. The van der Waals surface area contributed by atoms with E-state index in [2.05, 4.69) is 15.3 Å². The maximum Gasteiger partial charge on any atom is 0.231 e. The van der Waals surface area contributed by atoms with Crippen LogP contribution in [0.1, 0.15) is 11.3 Å². The molecule has 2 aromatic heterocycles. The fourth-order valence-electron chi connectivity index (χ4n) is 2.62. The van der Waals surface area contributed by atoms with Gasteiger partial charge in [0.05, 0.1) is 36.9 Å². The molecule has 0 bridgehead atoms. The molecule has 126 valence electrons. The highest BCUT2D eigenvalue weighted by Crippen LogP contribution is 2.32. The molecule has 25 heavy (non-hydrogen) atoms. The number of hydrogen-bond donors (Lipinski definition) is 1. The zero-order valence-electron chi connectivity index (χ0n) is 13.3. The maximum atomic E-state index is 12.2. The average Bonchev–Trinajstić information content (AvgIpc) is 3.31. The quantitative estimate of drug-likeness (QED) is 0.769. The highest BCUT2D eigenvalue weighted by atomic mass is 16.7. The number of aromatic nitrogens is 2. The lowest BCUT2D eigenvalue weighted by atomic mass is 10.1. The number of ether oxygens (including phenoxy) is 2. The molecule has 0 spiro atoms. The Morgan fingerprint density at radius 3 is 2.88 bits per heavy atom. The van der Waals surface area contributed by atoms with Crippen LogP contribution in [0.5, 0.6) is 11.5 Å². The van der Waals surface area contributed by atoms with Crippen molar-refractivity contribution in [2.24, 2.45) is 0 Å². The van der Waals surface area contributed by atoms with Crippen molar-refractivity contribution in [1.29, 1.82) is 0 Å². The van der Waals surface area contributed by atoms with Crippen LogP contribution >= 0.6 is 0 Å². The van der Waals surface area contributed by atoms with Crippen molar-refractivity contribution in [2.75, 3.05) is 6.79 Å². The van der Waals surface area contributed by atoms with Gasteiger partial charge in [-0.05, 0) is 23.8 Å². The van der Waals surface area contributed by atoms with Crippen molar-refractivity contribution in [3.63, 3.8) is 0 Å². The van der Waals surface area contributed by atoms with E-state index >= 15 is 0 Å². The number of furan rings is 1. The van der Waals surface area contributed by atoms with Gasteiger partial charge in [0, 0.05) is 18.0 Å². The van der Waals surface area contributed by atoms with E-state index in [0.29, 0.717) is 22.9 Å². The van der Waals surface area contributed by atoms with E-state index < -0.39 is 0 Å². The monoisotopic (exact) mass is 337 g/mol. The number of rotatable bonds is 5. The van der Waals surface area contributed by atoms with Crippen molar-refractivity contribution in [1.82, 2.24) is 15.3 Å². The van der Waals surface area contributed by atoms with Gasteiger partial charge in [-0.15, -0.1) is 0 Å². The van der Waals surface area contributed by atoms with Gasteiger partial charge in [0.2, 0.25) is 12.7 Å². The molecule has 4 rings (SSSR count). The Morgan fingerprint density at radius 1 is 1.12 bits per heavy atom. The molecule has 7 heteroatoms. The lowest BCUT2D eigenvalue weighted by Crippen LogP contribution is -2.25. The number of hydrogen-bond acceptors (Lipinski definition) is 6. The third-order valence-corrected chi connectivity index (χ3v) is 3.82. The number of nitrogens with one attached hydrogen (secondary N) is 1. The van der Waals surface area contributed by atoms with E-state index in [1.165, 1.54) is 0 Å². The van der Waals surface area contributed by atoms with Crippen LogP contribution in [0, 0.1) is 0 Å². The molecule has 0 fully saturated rings. The van der Waals surface area contributed by atoms with Gasteiger partial charge in [-0.3, -0.25) is 14.8 Å². The number of nitrogens with zero attached hydrogens (tertiary/aromatic N) is 2. The van der Waals surface area contributed by atoms with Gasteiger partial charge >= 0.3 is 0 Å². The second kappa shape index (κ2) is 6.64.